The van der Waals surface area contributed by atoms with Gasteiger partial charge in [-0.05, 0) is 45.3 Å². The molecule has 0 aliphatic carbocycles. The van der Waals surface area contributed by atoms with E-state index in [4.69, 9.17) is 14.0 Å². The van der Waals surface area contributed by atoms with Gasteiger partial charge in [0, 0.05) is 7.05 Å². The zero-order chi connectivity index (χ0) is 17.4. The van der Waals surface area contributed by atoms with E-state index >= 15 is 0 Å². The van der Waals surface area contributed by atoms with E-state index in [0.717, 1.165) is 11.2 Å². The van der Waals surface area contributed by atoms with E-state index < -0.39 is 7.12 Å². The predicted octanol–water partition coefficient (Wildman–Crippen LogP) is 2.37. The minimum Gasteiger partial charge on any atom is -0.482 e. The smallest absolute Gasteiger partial charge is 0.482 e. The first-order valence-electron chi connectivity index (χ1n) is 8.10. The molecule has 6 heteroatoms. The second-order valence-electron chi connectivity index (χ2n) is 6.56. The highest BCUT2D eigenvalue weighted by Gasteiger charge is 2.51. The number of carbonyl (C=O) groups excluding carboxylic acids is 1. The lowest BCUT2D eigenvalue weighted by Crippen LogP contribution is -2.41. The molecule has 2 aliphatic heterocycles. The van der Waals surface area contributed by atoms with Gasteiger partial charge in [0.2, 0.25) is 0 Å². The van der Waals surface area contributed by atoms with Crippen LogP contribution < -0.4 is 15.1 Å². The van der Waals surface area contributed by atoms with Crippen molar-refractivity contribution in [1.82, 2.24) is 0 Å². The second-order valence-corrected chi connectivity index (χ2v) is 6.56. The van der Waals surface area contributed by atoms with Crippen LogP contribution in [0.5, 0.6) is 5.75 Å². The van der Waals surface area contributed by atoms with Gasteiger partial charge in [0.05, 0.1) is 16.9 Å². The van der Waals surface area contributed by atoms with E-state index in [0.29, 0.717) is 5.75 Å². The van der Waals surface area contributed by atoms with Crippen LogP contribution in [-0.4, -0.2) is 37.9 Å². The zero-order valence-corrected chi connectivity index (χ0v) is 15.1. The number of nitrogens with zero attached hydrogens (tertiary/aromatic N) is 1. The molecular weight excluding hydrogens is 293 g/mol. The van der Waals surface area contributed by atoms with Crippen LogP contribution in [0.15, 0.2) is 18.2 Å². The van der Waals surface area contributed by atoms with Crippen LogP contribution in [0, 0.1) is 0 Å². The molecule has 1 aromatic rings. The Morgan fingerprint density at radius 1 is 1.09 bits per heavy atom. The molecule has 3 rings (SSSR count). The van der Waals surface area contributed by atoms with Crippen molar-refractivity contribution in [3.8, 4) is 5.75 Å². The molecule has 0 N–H and O–H groups in total. The molecule has 1 saturated heterocycles. The number of carbonyl (C=O) groups is 1. The van der Waals surface area contributed by atoms with Gasteiger partial charge in [-0.1, -0.05) is 19.9 Å². The highest BCUT2D eigenvalue weighted by Crippen LogP contribution is 2.37. The van der Waals surface area contributed by atoms with E-state index in [-0.39, 0.29) is 23.7 Å². The Morgan fingerprint density at radius 2 is 1.65 bits per heavy atom. The van der Waals surface area contributed by atoms with Gasteiger partial charge in [-0.3, -0.25) is 4.79 Å². The largest absolute Gasteiger partial charge is 0.494 e. The first-order valence-corrected chi connectivity index (χ1v) is 8.10. The van der Waals surface area contributed by atoms with Crippen LogP contribution in [0.1, 0.15) is 41.5 Å². The molecule has 1 amide bonds. The van der Waals surface area contributed by atoms with Crippen molar-refractivity contribution >= 4 is 24.2 Å². The topological polar surface area (TPSA) is 48.0 Å². The summed E-state index contributed by atoms with van der Waals surface area (Å²) in [5, 5.41) is 0. The Bertz CT molecular complexity index is 584. The molecule has 0 saturated carbocycles. The van der Waals surface area contributed by atoms with Crippen molar-refractivity contribution in [2.45, 2.75) is 52.7 Å². The number of likely N-dealkylation sites (N-methyl/N-ethyl adjacent to an activating group) is 1. The summed E-state index contributed by atoms with van der Waals surface area (Å²) in [7, 11) is 1.31. The predicted molar refractivity (Wildman–Crippen MR) is 92.4 cm³/mol. The molecular formula is C17H26BNO4. The molecule has 0 aromatic heterocycles. The third kappa shape index (κ3) is 3.10. The highest BCUT2D eigenvalue weighted by molar-refractivity contribution is 6.62. The van der Waals surface area contributed by atoms with Crippen LogP contribution in [0.25, 0.3) is 0 Å². The van der Waals surface area contributed by atoms with Crippen molar-refractivity contribution in [2.24, 2.45) is 0 Å². The van der Waals surface area contributed by atoms with Crippen LogP contribution in [-0.2, 0) is 14.1 Å². The number of hydrogen-bond acceptors (Lipinski definition) is 4. The fourth-order valence-electron chi connectivity index (χ4n) is 2.41. The molecule has 0 unspecified atom stereocenters. The van der Waals surface area contributed by atoms with E-state index in [2.05, 4.69) is 0 Å². The molecule has 0 atom stereocenters. The maximum Gasteiger partial charge on any atom is 0.494 e. The summed E-state index contributed by atoms with van der Waals surface area (Å²) in [6.45, 7) is 12.2. The molecule has 23 heavy (non-hydrogen) atoms. The lowest BCUT2D eigenvalue weighted by Gasteiger charge is -2.32. The summed E-state index contributed by atoms with van der Waals surface area (Å²) < 4.78 is 17.5. The number of rotatable bonds is 1. The molecule has 2 aliphatic rings. The summed E-state index contributed by atoms with van der Waals surface area (Å²) in [4.78, 5) is 13.3. The first-order chi connectivity index (χ1) is 10.7. The lowest BCUT2D eigenvalue weighted by molar-refractivity contribution is -0.120. The van der Waals surface area contributed by atoms with E-state index in [1.54, 1.807) is 11.9 Å². The monoisotopic (exact) mass is 319 g/mol. The lowest BCUT2D eigenvalue weighted by atomic mass is 9.78. The van der Waals surface area contributed by atoms with Crippen LogP contribution >= 0.6 is 0 Å². The highest BCUT2D eigenvalue weighted by atomic mass is 16.7. The second kappa shape index (κ2) is 6.17. The van der Waals surface area contributed by atoms with Crippen LogP contribution in [0.3, 0.4) is 0 Å². The standard InChI is InChI=1S/C15H20BNO4.C2H6/c1-14(2)15(3,4)21-16(20-14)10-6-7-12-11(8-10)17(5)13(18)9-19-12;1-2/h6-8H,9H2,1-5H3;1-2H3. The molecule has 1 aromatic carbocycles. The Kier molecular flexibility index (Phi) is 4.78. The van der Waals surface area contributed by atoms with Crippen molar-refractivity contribution in [3.63, 3.8) is 0 Å². The third-order valence-corrected chi connectivity index (χ3v) is 4.60. The molecule has 126 valence electrons. The van der Waals surface area contributed by atoms with Gasteiger partial charge in [-0.25, -0.2) is 0 Å². The SMILES string of the molecule is CC.CN1C(=O)COc2ccc(B3OC(C)(C)C(C)(C)O3)cc21. The third-order valence-electron chi connectivity index (χ3n) is 4.60. The quantitative estimate of drug-likeness (QED) is 0.746. The molecule has 2 heterocycles. The average molecular weight is 319 g/mol. The van der Waals surface area contributed by atoms with Crippen LogP contribution in [0.2, 0.25) is 0 Å². The van der Waals surface area contributed by atoms with Gasteiger partial charge in [0.1, 0.15) is 5.75 Å². The van der Waals surface area contributed by atoms with E-state index in [1.165, 1.54) is 0 Å². The van der Waals surface area contributed by atoms with Gasteiger partial charge in [-0.2, -0.15) is 0 Å². The normalized spacial score (nSPS) is 21.3. The van der Waals surface area contributed by atoms with Gasteiger partial charge in [0.15, 0.2) is 6.61 Å². The Labute approximate surface area is 139 Å². The minimum absolute atomic E-state index is 0.0615. The van der Waals surface area contributed by atoms with Crippen molar-refractivity contribution in [1.29, 1.82) is 0 Å². The van der Waals surface area contributed by atoms with Crippen molar-refractivity contribution in [3.05, 3.63) is 18.2 Å². The van der Waals surface area contributed by atoms with Gasteiger partial charge >= 0.3 is 7.12 Å². The molecule has 0 bridgehead atoms. The van der Waals surface area contributed by atoms with Crippen molar-refractivity contribution in [2.75, 3.05) is 18.6 Å². The maximum absolute atomic E-state index is 11.7. The Balaban J connectivity index is 0.000000924. The fourth-order valence-corrected chi connectivity index (χ4v) is 2.41. The van der Waals surface area contributed by atoms with Crippen molar-refractivity contribution < 1.29 is 18.8 Å². The number of amides is 1. The van der Waals surface area contributed by atoms with Gasteiger partial charge in [0.25, 0.3) is 5.91 Å². The van der Waals surface area contributed by atoms with E-state index in [1.807, 2.05) is 59.7 Å². The number of fused-ring (bicyclic) bond motifs is 1. The number of benzene rings is 1. The molecule has 1 fully saturated rings. The number of hydrogen-bond donors (Lipinski definition) is 0. The average Bonchev–Trinajstić information content (AvgIpc) is 2.73. The Morgan fingerprint density at radius 3 is 2.22 bits per heavy atom. The summed E-state index contributed by atoms with van der Waals surface area (Å²) in [5.41, 5.74) is 0.869. The number of ether oxygens (including phenoxy) is 1. The summed E-state index contributed by atoms with van der Waals surface area (Å²) >= 11 is 0. The maximum atomic E-state index is 11.7. The summed E-state index contributed by atoms with van der Waals surface area (Å²) in [6.07, 6.45) is 0. The first kappa shape index (κ1) is 17.8. The Hall–Kier alpha value is -1.53. The molecule has 0 radical (unpaired) electrons. The summed E-state index contributed by atoms with van der Waals surface area (Å²) in [5.74, 6) is 0.644. The minimum atomic E-state index is -0.439. The number of anilines is 1. The van der Waals surface area contributed by atoms with Gasteiger partial charge < -0.3 is 18.9 Å². The van der Waals surface area contributed by atoms with E-state index in [9.17, 15) is 4.79 Å². The van der Waals surface area contributed by atoms with Crippen LogP contribution in [0.4, 0.5) is 5.69 Å². The fraction of sp³-hybridized carbons (Fsp3) is 0.588. The molecule has 5 nitrogen and oxygen atoms in total. The molecule has 0 spiro atoms. The summed E-state index contributed by atoms with van der Waals surface area (Å²) in [6, 6.07) is 5.68. The zero-order valence-electron chi connectivity index (χ0n) is 15.1. The van der Waals surface area contributed by atoms with Gasteiger partial charge in [-0.15, -0.1) is 0 Å².